The number of nitrogen functional groups attached to an aromatic ring is 1. The van der Waals surface area contributed by atoms with Gasteiger partial charge in [0.05, 0.1) is 29.7 Å². The lowest BCUT2D eigenvalue weighted by atomic mass is 10.0. The molecule has 2 N–H and O–H groups in total. The van der Waals surface area contributed by atoms with Crippen molar-refractivity contribution in [3.8, 4) is 5.75 Å². The van der Waals surface area contributed by atoms with Gasteiger partial charge in [0.2, 0.25) is 4.70 Å². The molecule has 0 bridgehead atoms. The SMILES string of the molecule is COc1c(C)c(C)c2nc(Cc3cccnc3)[s+](N)c2c1C. The Morgan fingerprint density at radius 3 is 2.59 bits per heavy atom. The van der Waals surface area contributed by atoms with Gasteiger partial charge in [-0.2, -0.15) is 4.98 Å². The highest BCUT2D eigenvalue weighted by Gasteiger charge is 2.27. The summed E-state index contributed by atoms with van der Waals surface area (Å²) in [5.41, 5.74) is 5.57. The lowest BCUT2D eigenvalue weighted by Crippen LogP contribution is -1.95. The maximum absolute atomic E-state index is 6.50. The summed E-state index contributed by atoms with van der Waals surface area (Å²) in [7, 11) is 1.22. The Bertz CT molecular complexity index is 840. The second-order valence-electron chi connectivity index (χ2n) is 5.47. The minimum absolute atomic E-state index is 0.486. The molecule has 0 saturated carbocycles. The minimum Gasteiger partial charge on any atom is -0.496 e. The molecule has 114 valence electrons. The van der Waals surface area contributed by atoms with Crippen LogP contribution in [-0.4, -0.2) is 17.1 Å². The zero-order valence-corrected chi connectivity index (χ0v) is 14.1. The Kier molecular flexibility index (Phi) is 3.85. The van der Waals surface area contributed by atoms with Crippen LogP contribution in [0.25, 0.3) is 10.2 Å². The Labute approximate surface area is 133 Å². The highest BCUT2D eigenvalue weighted by atomic mass is 32.2. The van der Waals surface area contributed by atoms with Crippen molar-refractivity contribution in [3.05, 3.63) is 51.8 Å². The summed E-state index contributed by atoms with van der Waals surface area (Å²) < 4.78 is 6.70. The average molecular weight is 314 g/mol. The van der Waals surface area contributed by atoms with Gasteiger partial charge in [-0.25, -0.2) is 0 Å². The smallest absolute Gasteiger partial charge is 0.268 e. The molecule has 1 unspecified atom stereocenters. The molecule has 1 atom stereocenters. The second-order valence-corrected chi connectivity index (χ2v) is 7.02. The van der Waals surface area contributed by atoms with Crippen molar-refractivity contribution in [2.24, 2.45) is 0 Å². The highest BCUT2D eigenvalue weighted by molar-refractivity contribution is 7.37. The fourth-order valence-corrected chi connectivity index (χ4v) is 4.45. The molecule has 22 heavy (non-hydrogen) atoms. The van der Waals surface area contributed by atoms with Crippen LogP contribution in [-0.2, 0) is 6.42 Å². The Morgan fingerprint density at radius 1 is 1.18 bits per heavy atom. The van der Waals surface area contributed by atoms with Crippen molar-refractivity contribution in [2.75, 3.05) is 12.2 Å². The fourth-order valence-electron chi connectivity index (χ4n) is 2.88. The van der Waals surface area contributed by atoms with Crippen molar-refractivity contribution in [1.82, 2.24) is 9.97 Å². The van der Waals surface area contributed by atoms with Gasteiger partial charge in [0, 0.05) is 12.4 Å². The van der Waals surface area contributed by atoms with Gasteiger partial charge in [-0.15, -0.1) is 5.14 Å². The number of thiazole rings is 1. The predicted molar refractivity (Wildman–Crippen MR) is 92.2 cm³/mol. The van der Waals surface area contributed by atoms with Crippen LogP contribution in [0, 0.1) is 20.8 Å². The maximum atomic E-state index is 6.50. The van der Waals surface area contributed by atoms with Crippen LogP contribution in [0.5, 0.6) is 5.75 Å². The van der Waals surface area contributed by atoms with Crippen LogP contribution in [0.4, 0.5) is 0 Å². The number of hydrogen-bond donors (Lipinski definition) is 1. The van der Waals surface area contributed by atoms with E-state index in [-0.39, 0.29) is 0 Å². The van der Waals surface area contributed by atoms with Crippen molar-refractivity contribution in [2.45, 2.75) is 27.2 Å². The number of fused-ring (bicyclic) bond motifs is 1. The standard InChI is InChI=1S/C17H20N3OS/c1-10-11(2)16(21-4)12(3)17-15(10)20-14(22(17)18)8-13-6-5-7-19-9-13/h5-7,9H,8,18H2,1-4H3/q+1. The lowest BCUT2D eigenvalue weighted by molar-refractivity contribution is 0.409. The van der Waals surface area contributed by atoms with E-state index < -0.39 is 10.7 Å². The maximum Gasteiger partial charge on any atom is 0.268 e. The van der Waals surface area contributed by atoms with E-state index in [9.17, 15) is 0 Å². The van der Waals surface area contributed by atoms with E-state index >= 15 is 0 Å². The van der Waals surface area contributed by atoms with Gasteiger partial charge >= 0.3 is 0 Å². The summed E-state index contributed by atoms with van der Waals surface area (Å²) in [6, 6.07) is 4.00. The highest BCUT2D eigenvalue weighted by Crippen LogP contribution is 2.41. The third-order valence-electron chi connectivity index (χ3n) is 4.15. The van der Waals surface area contributed by atoms with Crippen molar-refractivity contribution in [3.63, 3.8) is 0 Å². The molecule has 0 fully saturated rings. The molecule has 0 aliphatic carbocycles. The van der Waals surface area contributed by atoms with Gasteiger partial charge in [0.25, 0.3) is 5.01 Å². The molecular weight excluding hydrogens is 294 g/mol. The number of nitrogens with two attached hydrogens (primary N) is 1. The first-order chi connectivity index (χ1) is 10.5. The summed E-state index contributed by atoms with van der Waals surface area (Å²) in [6.45, 7) is 6.23. The van der Waals surface area contributed by atoms with Crippen LogP contribution in [0.2, 0.25) is 0 Å². The molecule has 0 radical (unpaired) electrons. The molecule has 0 spiro atoms. The number of pyridine rings is 1. The summed E-state index contributed by atoms with van der Waals surface area (Å²) in [6.07, 6.45) is 4.38. The Morgan fingerprint density at radius 2 is 1.95 bits per heavy atom. The normalized spacial score (nSPS) is 12.0. The summed E-state index contributed by atoms with van der Waals surface area (Å²) >= 11 is 0. The Hall–Kier alpha value is -1.98. The topological polar surface area (TPSA) is 61.0 Å². The number of hydrogen-bond acceptors (Lipinski definition) is 4. The first-order valence-corrected chi connectivity index (χ1v) is 8.46. The van der Waals surface area contributed by atoms with Gasteiger partial charge in [-0.1, -0.05) is 6.07 Å². The van der Waals surface area contributed by atoms with Crippen LogP contribution in [0.3, 0.4) is 0 Å². The van der Waals surface area contributed by atoms with Gasteiger partial charge in [-0.05, 0) is 43.5 Å². The molecule has 0 amide bonds. The van der Waals surface area contributed by atoms with E-state index in [0.717, 1.165) is 49.6 Å². The monoisotopic (exact) mass is 314 g/mol. The quantitative estimate of drug-likeness (QED) is 0.750. The van der Waals surface area contributed by atoms with Gasteiger partial charge in [0.15, 0.2) is 0 Å². The van der Waals surface area contributed by atoms with E-state index in [1.807, 2.05) is 12.3 Å². The number of nitrogens with zero attached hydrogens (tertiary/aromatic N) is 2. The van der Waals surface area contributed by atoms with Gasteiger partial charge < -0.3 is 4.74 Å². The van der Waals surface area contributed by atoms with Crippen LogP contribution in [0.15, 0.2) is 24.5 Å². The molecule has 1 aromatic carbocycles. The fraction of sp³-hybridized carbons (Fsp3) is 0.294. The number of ether oxygens (including phenoxy) is 1. The number of aryl methyl sites for hydroxylation is 2. The molecule has 4 nitrogen and oxygen atoms in total. The first-order valence-electron chi connectivity index (χ1n) is 7.17. The summed E-state index contributed by atoms with van der Waals surface area (Å²) in [5.74, 6) is 0.928. The third kappa shape index (κ3) is 2.26. The van der Waals surface area contributed by atoms with E-state index in [2.05, 4.69) is 31.8 Å². The first kappa shape index (κ1) is 14.9. The number of benzene rings is 1. The van der Waals surface area contributed by atoms with Gasteiger partial charge in [-0.3, -0.25) is 4.98 Å². The summed E-state index contributed by atoms with van der Waals surface area (Å²) in [5, 5.41) is 7.52. The zero-order valence-electron chi connectivity index (χ0n) is 13.3. The molecule has 5 heteroatoms. The molecule has 0 aliphatic rings. The van der Waals surface area contributed by atoms with E-state index in [0.29, 0.717) is 0 Å². The third-order valence-corrected chi connectivity index (χ3v) is 5.83. The largest absolute Gasteiger partial charge is 0.496 e. The molecule has 2 heterocycles. The zero-order chi connectivity index (χ0) is 15.9. The molecular formula is C17H20N3OS+. The van der Waals surface area contributed by atoms with Crippen LogP contribution >= 0.6 is 10.7 Å². The van der Waals surface area contributed by atoms with E-state index in [1.165, 1.54) is 0 Å². The van der Waals surface area contributed by atoms with Crippen molar-refractivity contribution < 1.29 is 4.74 Å². The second kappa shape index (κ2) is 5.66. The molecule has 3 rings (SSSR count). The number of rotatable bonds is 3. The lowest BCUT2D eigenvalue weighted by Gasteiger charge is -2.09. The van der Waals surface area contributed by atoms with Crippen molar-refractivity contribution >= 4 is 20.9 Å². The number of aromatic nitrogens is 2. The minimum atomic E-state index is -0.486. The molecule has 0 aliphatic heterocycles. The number of methoxy groups -OCH3 is 1. The van der Waals surface area contributed by atoms with Crippen molar-refractivity contribution in [1.29, 1.82) is 0 Å². The summed E-state index contributed by atoms with van der Waals surface area (Å²) in [4.78, 5) is 9.01. The Balaban J connectivity index is 2.21. The van der Waals surface area contributed by atoms with E-state index in [4.69, 9.17) is 14.9 Å². The van der Waals surface area contributed by atoms with Gasteiger partial charge in [0.1, 0.15) is 11.3 Å². The van der Waals surface area contributed by atoms with Crippen LogP contribution < -0.4 is 9.88 Å². The van der Waals surface area contributed by atoms with Crippen LogP contribution in [0.1, 0.15) is 27.3 Å². The predicted octanol–water partition coefficient (Wildman–Crippen LogP) is 3.62. The average Bonchev–Trinajstić information content (AvgIpc) is 2.84. The molecule has 2 aromatic heterocycles. The molecule has 0 saturated heterocycles. The van der Waals surface area contributed by atoms with E-state index in [1.54, 1.807) is 13.3 Å². The molecule has 3 aromatic rings.